The summed E-state index contributed by atoms with van der Waals surface area (Å²) in [4.78, 5) is 10.8. The predicted molar refractivity (Wildman–Crippen MR) is 74.8 cm³/mol. The summed E-state index contributed by atoms with van der Waals surface area (Å²) in [6, 6.07) is 11.7. The van der Waals surface area contributed by atoms with Crippen molar-refractivity contribution in [2.24, 2.45) is 5.73 Å². The number of hydrogen-bond donors (Lipinski definition) is 2. The Morgan fingerprint density at radius 1 is 1.26 bits per heavy atom. The first kappa shape index (κ1) is 13.2. The third-order valence-electron chi connectivity index (χ3n) is 2.90. The standard InChI is InChI=1S/C15H18N2O2/c1-10-3-8-14(19-10)11(2)17-13-6-4-12(5-7-13)9-15(16)18/h3-8,11,17H,9H2,1-2H3,(H2,16,18). The second-order valence-corrected chi connectivity index (χ2v) is 4.65. The van der Waals surface area contributed by atoms with Crippen molar-refractivity contribution in [3.63, 3.8) is 0 Å². The smallest absolute Gasteiger partial charge is 0.221 e. The van der Waals surface area contributed by atoms with Gasteiger partial charge in [-0.05, 0) is 43.7 Å². The molecule has 1 unspecified atom stereocenters. The summed E-state index contributed by atoms with van der Waals surface area (Å²) in [6.07, 6.45) is 0.271. The molecule has 1 aromatic carbocycles. The lowest BCUT2D eigenvalue weighted by Gasteiger charge is -2.13. The quantitative estimate of drug-likeness (QED) is 0.866. The number of anilines is 1. The fraction of sp³-hybridized carbons (Fsp3) is 0.267. The highest BCUT2D eigenvalue weighted by atomic mass is 16.3. The Bertz CT molecular complexity index is 558. The van der Waals surface area contributed by atoms with E-state index in [0.29, 0.717) is 0 Å². The molecule has 1 aromatic heterocycles. The number of hydrogen-bond acceptors (Lipinski definition) is 3. The number of benzene rings is 1. The molecule has 0 saturated heterocycles. The maximum Gasteiger partial charge on any atom is 0.221 e. The van der Waals surface area contributed by atoms with Crippen molar-refractivity contribution in [2.75, 3.05) is 5.32 Å². The van der Waals surface area contributed by atoms with Gasteiger partial charge in [-0.15, -0.1) is 0 Å². The first-order valence-electron chi connectivity index (χ1n) is 6.24. The van der Waals surface area contributed by atoms with Gasteiger partial charge in [0, 0.05) is 5.69 Å². The van der Waals surface area contributed by atoms with Gasteiger partial charge < -0.3 is 15.5 Å². The molecule has 100 valence electrons. The van der Waals surface area contributed by atoms with Crippen LogP contribution in [-0.4, -0.2) is 5.91 Å². The number of primary amides is 1. The summed E-state index contributed by atoms with van der Waals surface area (Å²) in [7, 11) is 0. The summed E-state index contributed by atoms with van der Waals surface area (Å²) < 4.78 is 5.57. The Kier molecular flexibility index (Phi) is 3.90. The van der Waals surface area contributed by atoms with Crippen LogP contribution in [0.15, 0.2) is 40.8 Å². The maximum atomic E-state index is 10.8. The van der Waals surface area contributed by atoms with Crippen LogP contribution in [-0.2, 0) is 11.2 Å². The van der Waals surface area contributed by atoms with Gasteiger partial charge in [0.05, 0.1) is 12.5 Å². The summed E-state index contributed by atoms with van der Waals surface area (Å²) >= 11 is 0. The van der Waals surface area contributed by atoms with E-state index in [0.717, 1.165) is 22.8 Å². The van der Waals surface area contributed by atoms with Crippen molar-refractivity contribution in [3.05, 3.63) is 53.5 Å². The number of amides is 1. The van der Waals surface area contributed by atoms with Crippen LogP contribution in [0.5, 0.6) is 0 Å². The molecular weight excluding hydrogens is 240 g/mol. The zero-order valence-electron chi connectivity index (χ0n) is 11.1. The molecule has 0 bridgehead atoms. The summed E-state index contributed by atoms with van der Waals surface area (Å²) in [5.74, 6) is 1.49. The number of nitrogens with one attached hydrogen (secondary N) is 1. The van der Waals surface area contributed by atoms with Gasteiger partial charge in [-0.2, -0.15) is 0 Å². The average molecular weight is 258 g/mol. The molecule has 4 nitrogen and oxygen atoms in total. The lowest BCUT2D eigenvalue weighted by Crippen LogP contribution is -2.13. The second-order valence-electron chi connectivity index (χ2n) is 4.65. The van der Waals surface area contributed by atoms with Crippen LogP contribution in [0, 0.1) is 6.92 Å². The summed E-state index contributed by atoms with van der Waals surface area (Å²) in [6.45, 7) is 3.96. The Balaban J connectivity index is 2.01. The maximum absolute atomic E-state index is 10.8. The molecule has 19 heavy (non-hydrogen) atoms. The molecule has 1 atom stereocenters. The van der Waals surface area contributed by atoms with E-state index in [1.165, 1.54) is 0 Å². The summed E-state index contributed by atoms with van der Waals surface area (Å²) in [5, 5.41) is 3.34. The van der Waals surface area contributed by atoms with Crippen molar-refractivity contribution in [2.45, 2.75) is 26.3 Å². The normalized spacial score (nSPS) is 12.1. The molecule has 1 amide bonds. The number of carbonyl (C=O) groups excluding carboxylic acids is 1. The van der Waals surface area contributed by atoms with E-state index in [1.54, 1.807) is 0 Å². The minimum absolute atomic E-state index is 0.0932. The van der Waals surface area contributed by atoms with Crippen LogP contribution < -0.4 is 11.1 Å². The van der Waals surface area contributed by atoms with E-state index in [-0.39, 0.29) is 18.4 Å². The van der Waals surface area contributed by atoms with E-state index in [2.05, 4.69) is 5.32 Å². The fourth-order valence-electron chi connectivity index (χ4n) is 1.93. The van der Waals surface area contributed by atoms with E-state index < -0.39 is 0 Å². The van der Waals surface area contributed by atoms with Crippen LogP contribution in [0.25, 0.3) is 0 Å². The number of furan rings is 1. The van der Waals surface area contributed by atoms with Gasteiger partial charge >= 0.3 is 0 Å². The van der Waals surface area contributed by atoms with Gasteiger partial charge in [0.1, 0.15) is 11.5 Å². The van der Waals surface area contributed by atoms with Gasteiger partial charge in [-0.1, -0.05) is 12.1 Å². The van der Waals surface area contributed by atoms with Crippen LogP contribution in [0.4, 0.5) is 5.69 Å². The van der Waals surface area contributed by atoms with Gasteiger partial charge in [-0.25, -0.2) is 0 Å². The topological polar surface area (TPSA) is 68.3 Å². The van der Waals surface area contributed by atoms with Crippen molar-refractivity contribution in [1.82, 2.24) is 0 Å². The molecule has 2 aromatic rings. The lowest BCUT2D eigenvalue weighted by molar-refractivity contribution is -0.117. The molecule has 0 spiro atoms. The molecule has 2 rings (SSSR count). The molecule has 3 N–H and O–H groups in total. The lowest BCUT2D eigenvalue weighted by atomic mass is 10.1. The van der Waals surface area contributed by atoms with Crippen LogP contribution in [0.1, 0.15) is 30.0 Å². The molecule has 0 aliphatic rings. The Morgan fingerprint density at radius 2 is 1.95 bits per heavy atom. The third-order valence-corrected chi connectivity index (χ3v) is 2.90. The highest BCUT2D eigenvalue weighted by Crippen LogP contribution is 2.21. The van der Waals surface area contributed by atoms with Crippen molar-refractivity contribution in [1.29, 1.82) is 0 Å². The van der Waals surface area contributed by atoms with E-state index in [9.17, 15) is 4.79 Å². The average Bonchev–Trinajstić information content (AvgIpc) is 2.78. The Morgan fingerprint density at radius 3 is 2.47 bits per heavy atom. The monoisotopic (exact) mass is 258 g/mol. The number of aryl methyl sites for hydroxylation is 1. The molecule has 1 heterocycles. The first-order valence-corrected chi connectivity index (χ1v) is 6.24. The third kappa shape index (κ3) is 3.61. The van der Waals surface area contributed by atoms with Crippen LogP contribution >= 0.6 is 0 Å². The van der Waals surface area contributed by atoms with Crippen LogP contribution in [0.2, 0.25) is 0 Å². The van der Waals surface area contributed by atoms with Crippen LogP contribution in [0.3, 0.4) is 0 Å². The number of rotatable bonds is 5. The van der Waals surface area contributed by atoms with Gasteiger partial charge in [0.25, 0.3) is 0 Å². The molecule has 0 aliphatic heterocycles. The predicted octanol–water partition coefficient (Wildman–Crippen LogP) is 2.79. The SMILES string of the molecule is Cc1ccc(C(C)Nc2ccc(CC(N)=O)cc2)o1. The largest absolute Gasteiger partial charge is 0.464 e. The molecule has 4 heteroatoms. The minimum Gasteiger partial charge on any atom is -0.464 e. The summed E-state index contributed by atoms with van der Waals surface area (Å²) in [5.41, 5.74) is 7.05. The second kappa shape index (κ2) is 5.61. The Labute approximate surface area is 112 Å². The molecule has 0 radical (unpaired) electrons. The highest BCUT2D eigenvalue weighted by molar-refractivity contribution is 5.76. The van der Waals surface area contributed by atoms with E-state index in [4.69, 9.17) is 10.2 Å². The van der Waals surface area contributed by atoms with Gasteiger partial charge in [-0.3, -0.25) is 4.79 Å². The van der Waals surface area contributed by atoms with Crippen molar-refractivity contribution < 1.29 is 9.21 Å². The van der Waals surface area contributed by atoms with E-state index in [1.807, 2.05) is 50.2 Å². The fourth-order valence-corrected chi connectivity index (χ4v) is 1.93. The Hall–Kier alpha value is -2.23. The van der Waals surface area contributed by atoms with Gasteiger partial charge in [0.15, 0.2) is 0 Å². The highest BCUT2D eigenvalue weighted by Gasteiger charge is 2.09. The molecular formula is C15H18N2O2. The van der Waals surface area contributed by atoms with E-state index >= 15 is 0 Å². The molecule has 0 fully saturated rings. The molecule has 0 aliphatic carbocycles. The zero-order valence-corrected chi connectivity index (χ0v) is 11.1. The van der Waals surface area contributed by atoms with Gasteiger partial charge in [0.2, 0.25) is 5.91 Å². The minimum atomic E-state index is -0.319. The first-order chi connectivity index (χ1) is 9.04. The van der Waals surface area contributed by atoms with Crippen molar-refractivity contribution in [3.8, 4) is 0 Å². The number of nitrogens with two attached hydrogens (primary N) is 1. The zero-order chi connectivity index (χ0) is 13.8. The number of carbonyl (C=O) groups is 1. The molecule has 0 saturated carbocycles. The van der Waals surface area contributed by atoms with Crippen molar-refractivity contribution >= 4 is 11.6 Å².